The molecule has 1 saturated heterocycles. The van der Waals surface area contributed by atoms with Crippen molar-refractivity contribution in [3.8, 4) is 0 Å². The van der Waals surface area contributed by atoms with Crippen LogP contribution in [-0.4, -0.2) is 42.3 Å². The van der Waals surface area contributed by atoms with Crippen molar-refractivity contribution in [1.82, 2.24) is 10.2 Å². The molecule has 1 fully saturated rings. The SMILES string of the molecule is CC(C)N(CC1CCNCC1)C(=O)OC(C)(C)C. The van der Waals surface area contributed by atoms with Gasteiger partial charge in [0.2, 0.25) is 0 Å². The molecule has 0 bridgehead atoms. The minimum absolute atomic E-state index is 0.184. The maximum absolute atomic E-state index is 12.2. The van der Waals surface area contributed by atoms with E-state index >= 15 is 0 Å². The molecule has 0 aliphatic carbocycles. The van der Waals surface area contributed by atoms with Crippen molar-refractivity contribution < 1.29 is 9.53 Å². The zero-order valence-corrected chi connectivity index (χ0v) is 12.5. The summed E-state index contributed by atoms with van der Waals surface area (Å²) in [4.78, 5) is 14.0. The number of amides is 1. The van der Waals surface area contributed by atoms with E-state index in [0.29, 0.717) is 5.92 Å². The summed E-state index contributed by atoms with van der Waals surface area (Å²) in [6, 6.07) is 0.190. The summed E-state index contributed by atoms with van der Waals surface area (Å²) in [5.41, 5.74) is -0.418. The summed E-state index contributed by atoms with van der Waals surface area (Å²) in [7, 11) is 0. The van der Waals surface area contributed by atoms with Gasteiger partial charge < -0.3 is 15.0 Å². The van der Waals surface area contributed by atoms with Gasteiger partial charge in [-0.25, -0.2) is 4.79 Å². The van der Waals surface area contributed by atoms with Gasteiger partial charge in [-0.3, -0.25) is 0 Å². The van der Waals surface area contributed by atoms with Gasteiger partial charge in [-0.2, -0.15) is 0 Å². The van der Waals surface area contributed by atoms with Crippen molar-refractivity contribution in [1.29, 1.82) is 0 Å². The van der Waals surface area contributed by atoms with Gasteiger partial charge in [-0.1, -0.05) is 0 Å². The van der Waals surface area contributed by atoms with E-state index in [-0.39, 0.29) is 12.1 Å². The number of hydrogen-bond acceptors (Lipinski definition) is 3. The Balaban J connectivity index is 2.55. The second kappa shape index (κ2) is 6.41. The lowest BCUT2D eigenvalue weighted by Crippen LogP contribution is -2.45. The molecule has 4 nitrogen and oxygen atoms in total. The van der Waals surface area contributed by atoms with Crippen LogP contribution in [0.25, 0.3) is 0 Å². The molecule has 1 amide bonds. The topological polar surface area (TPSA) is 41.6 Å². The summed E-state index contributed by atoms with van der Waals surface area (Å²) in [5, 5.41) is 3.35. The molecule has 1 heterocycles. The van der Waals surface area contributed by atoms with Gasteiger partial charge in [0.15, 0.2) is 0 Å². The Morgan fingerprint density at radius 2 is 1.89 bits per heavy atom. The largest absolute Gasteiger partial charge is 0.444 e. The number of ether oxygens (including phenoxy) is 1. The third kappa shape index (κ3) is 5.25. The normalized spacial score (nSPS) is 17.9. The highest BCUT2D eigenvalue weighted by Crippen LogP contribution is 2.18. The number of nitrogens with one attached hydrogen (secondary N) is 1. The monoisotopic (exact) mass is 256 g/mol. The minimum Gasteiger partial charge on any atom is -0.444 e. The number of carbonyl (C=O) groups excluding carboxylic acids is 1. The fourth-order valence-corrected chi connectivity index (χ4v) is 2.16. The molecule has 18 heavy (non-hydrogen) atoms. The molecule has 0 aromatic carbocycles. The van der Waals surface area contributed by atoms with E-state index < -0.39 is 5.60 Å². The van der Waals surface area contributed by atoms with Crippen molar-refractivity contribution in [3.63, 3.8) is 0 Å². The molecular formula is C14H28N2O2. The van der Waals surface area contributed by atoms with Crippen LogP contribution in [-0.2, 0) is 4.74 Å². The number of nitrogens with zero attached hydrogens (tertiary/aromatic N) is 1. The molecule has 0 saturated carbocycles. The second-order valence-corrected chi connectivity index (χ2v) is 6.42. The maximum atomic E-state index is 12.2. The molecule has 0 aromatic heterocycles. The van der Waals surface area contributed by atoms with Crippen molar-refractivity contribution in [2.45, 2.75) is 59.1 Å². The molecule has 0 radical (unpaired) electrons. The molecule has 1 aliphatic rings. The highest BCUT2D eigenvalue weighted by molar-refractivity contribution is 5.68. The molecule has 0 unspecified atom stereocenters. The van der Waals surface area contributed by atoms with E-state index in [0.717, 1.165) is 32.5 Å². The van der Waals surface area contributed by atoms with E-state index in [9.17, 15) is 4.79 Å². The Kier molecular flexibility index (Phi) is 5.45. The van der Waals surface area contributed by atoms with Gasteiger partial charge in [-0.05, 0) is 66.5 Å². The minimum atomic E-state index is -0.418. The van der Waals surface area contributed by atoms with E-state index in [1.54, 1.807) is 0 Å². The van der Waals surface area contributed by atoms with Gasteiger partial charge >= 0.3 is 6.09 Å². The van der Waals surface area contributed by atoms with Gasteiger partial charge in [0.1, 0.15) is 5.60 Å². The highest BCUT2D eigenvalue weighted by atomic mass is 16.6. The van der Waals surface area contributed by atoms with Crippen LogP contribution in [0.15, 0.2) is 0 Å². The summed E-state index contributed by atoms with van der Waals surface area (Å²) < 4.78 is 5.47. The third-order valence-corrected chi connectivity index (χ3v) is 3.16. The Morgan fingerprint density at radius 1 is 1.33 bits per heavy atom. The number of rotatable bonds is 3. The van der Waals surface area contributed by atoms with Crippen LogP contribution in [0, 0.1) is 5.92 Å². The smallest absolute Gasteiger partial charge is 0.410 e. The van der Waals surface area contributed by atoms with E-state index in [1.807, 2.05) is 39.5 Å². The van der Waals surface area contributed by atoms with Crippen molar-refractivity contribution >= 4 is 6.09 Å². The molecule has 106 valence electrons. The average molecular weight is 256 g/mol. The first-order chi connectivity index (χ1) is 8.29. The summed E-state index contributed by atoms with van der Waals surface area (Å²) in [6.45, 7) is 12.8. The maximum Gasteiger partial charge on any atom is 0.410 e. The van der Waals surface area contributed by atoms with Crippen molar-refractivity contribution in [2.24, 2.45) is 5.92 Å². The van der Waals surface area contributed by atoms with Crippen LogP contribution in [0.2, 0.25) is 0 Å². The first-order valence-corrected chi connectivity index (χ1v) is 7.00. The summed E-state index contributed by atoms with van der Waals surface area (Å²) in [5.74, 6) is 0.598. The lowest BCUT2D eigenvalue weighted by molar-refractivity contribution is 0.0145. The Bertz CT molecular complexity index is 265. The Morgan fingerprint density at radius 3 is 2.33 bits per heavy atom. The van der Waals surface area contributed by atoms with Gasteiger partial charge in [-0.15, -0.1) is 0 Å². The molecule has 0 atom stereocenters. The molecule has 1 aliphatic heterocycles. The number of hydrogen-bond donors (Lipinski definition) is 1. The van der Waals surface area contributed by atoms with E-state index in [4.69, 9.17) is 4.74 Å². The Labute approximate surface area is 111 Å². The van der Waals surface area contributed by atoms with Crippen LogP contribution >= 0.6 is 0 Å². The molecule has 0 aromatic rings. The number of carbonyl (C=O) groups is 1. The van der Waals surface area contributed by atoms with Gasteiger partial charge in [0.05, 0.1) is 0 Å². The van der Waals surface area contributed by atoms with Crippen LogP contribution in [0.3, 0.4) is 0 Å². The molecule has 1 N–H and O–H groups in total. The van der Waals surface area contributed by atoms with Crippen LogP contribution in [0.4, 0.5) is 4.79 Å². The highest BCUT2D eigenvalue weighted by Gasteiger charge is 2.27. The Hall–Kier alpha value is -0.770. The lowest BCUT2D eigenvalue weighted by Gasteiger charge is -2.34. The zero-order chi connectivity index (χ0) is 13.8. The zero-order valence-electron chi connectivity index (χ0n) is 12.5. The van der Waals surface area contributed by atoms with Gasteiger partial charge in [0, 0.05) is 12.6 Å². The number of piperidine rings is 1. The van der Waals surface area contributed by atoms with Crippen LogP contribution in [0.1, 0.15) is 47.5 Å². The molecule has 1 rings (SSSR count). The fraction of sp³-hybridized carbons (Fsp3) is 0.929. The molecular weight excluding hydrogens is 228 g/mol. The van der Waals surface area contributed by atoms with Crippen LogP contribution < -0.4 is 5.32 Å². The lowest BCUT2D eigenvalue weighted by atomic mass is 9.97. The quantitative estimate of drug-likeness (QED) is 0.844. The standard InChI is InChI=1S/C14H28N2O2/c1-11(2)16(13(17)18-14(3,4)5)10-12-6-8-15-9-7-12/h11-12,15H,6-10H2,1-5H3. The van der Waals surface area contributed by atoms with E-state index in [1.165, 1.54) is 0 Å². The van der Waals surface area contributed by atoms with Crippen LogP contribution in [0.5, 0.6) is 0 Å². The average Bonchev–Trinajstić information content (AvgIpc) is 2.24. The fourth-order valence-electron chi connectivity index (χ4n) is 2.16. The predicted molar refractivity (Wildman–Crippen MR) is 73.7 cm³/mol. The third-order valence-electron chi connectivity index (χ3n) is 3.16. The molecule has 4 heteroatoms. The van der Waals surface area contributed by atoms with Crippen molar-refractivity contribution in [3.05, 3.63) is 0 Å². The van der Waals surface area contributed by atoms with Crippen molar-refractivity contribution in [2.75, 3.05) is 19.6 Å². The predicted octanol–water partition coefficient (Wildman–Crippen LogP) is 2.63. The summed E-state index contributed by atoms with van der Waals surface area (Å²) in [6.07, 6.45) is 2.11. The summed E-state index contributed by atoms with van der Waals surface area (Å²) >= 11 is 0. The first-order valence-electron chi connectivity index (χ1n) is 7.00. The molecule has 0 spiro atoms. The van der Waals surface area contributed by atoms with Gasteiger partial charge in [0.25, 0.3) is 0 Å². The second-order valence-electron chi connectivity index (χ2n) is 6.42. The first kappa shape index (κ1) is 15.3. The van der Waals surface area contributed by atoms with E-state index in [2.05, 4.69) is 5.32 Å².